The van der Waals surface area contributed by atoms with Crippen LogP contribution in [0.1, 0.15) is 0 Å². The lowest BCUT2D eigenvalue weighted by molar-refractivity contribution is 0.122. The van der Waals surface area contributed by atoms with Gasteiger partial charge in [-0.15, -0.1) is 0 Å². The molecule has 3 heterocycles. The van der Waals surface area contributed by atoms with Crippen LogP contribution in [-0.4, -0.2) is 48.2 Å². The molecule has 1 aliphatic heterocycles. The molecular weight excluding hydrogens is 404 g/mol. The average Bonchev–Trinajstić information content (AvgIpc) is 3.35. The van der Waals surface area contributed by atoms with Gasteiger partial charge in [-0.3, -0.25) is 4.79 Å². The molecule has 7 nitrogen and oxygen atoms in total. The molecule has 1 fully saturated rings. The Morgan fingerprint density at radius 2 is 1.78 bits per heavy atom. The first kappa shape index (κ1) is 20.1. The Labute approximate surface area is 185 Å². The lowest BCUT2D eigenvalue weighted by Crippen LogP contribution is -2.36. The molecule has 0 saturated carbocycles. The van der Waals surface area contributed by atoms with Gasteiger partial charge in [0.1, 0.15) is 5.75 Å². The van der Waals surface area contributed by atoms with Crippen molar-refractivity contribution in [2.45, 2.75) is 0 Å². The van der Waals surface area contributed by atoms with Crippen molar-refractivity contribution in [2.24, 2.45) is 0 Å². The second kappa shape index (κ2) is 8.72. The maximum absolute atomic E-state index is 12.7. The molecule has 0 unspecified atom stereocenters. The monoisotopic (exact) mass is 428 g/mol. The number of nitrogens with one attached hydrogen (secondary N) is 1. The van der Waals surface area contributed by atoms with Crippen LogP contribution >= 0.6 is 0 Å². The molecular formula is C25H24N4O3. The zero-order chi connectivity index (χ0) is 21.9. The summed E-state index contributed by atoms with van der Waals surface area (Å²) in [6.45, 7) is 3.31. The van der Waals surface area contributed by atoms with E-state index in [1.807, 2.05) is 36.4 Å². The highest BCUT2D eigenvalue weighted by atomic mass is 16.5. The highest BCUT2D eigenvalue weighted by Gasteiger charge is 2.14. The predicted octanol–water partition coefficient (Wildman–Crippen LogP) is 3.74. The van der Waals surface area contributed by atoms with E-state index in [-0.39, 0.29) is 5.56 Å². The number of aromatic nitrogens is 3. The van der Waals surface area contributed by atoms with Crippen LogP contribution in [-0.2, 0) is 4.74 Å². The summed E-state index contributed by atoms with van der Waals surface area (Å²) in [6, 6.07) is 19.8. The van der Waals surface area contributed by atoms with Crippen molar-refractivity contribution in [1.82, 2.24) is 14.8 Å². The summed E-state index contributed by atoms with van der Waals surface area (Å²) in [5.41, 5.74) is 5.08. The number of aromatic amines is 1. The molecule has 1 N–H and O–H groups in total. The van der Waals surface area contributed by atoms with Crippen LogP contribution in [0.2, 0.25) is 0 Å². The number of hydrogen-bond donors (Lipinski definition) is 1. The number of hydrogen-bond acceptors (Lipinski definition) is 5. The molecule has 7 heteroatoms. The minimum atomic E-state index is -0.164. The third-order valence-electron chi connectivity index (χ3n) is 5.70. The Morgan fingerprint density at radius 3 is 2.56 bits per heavy atom. The van der Waals surface area contributed by atoms with Gasteiger partial charge in [-0.1, -0.05) is 18.2 Å². The van der Waals surface area contributed by atoms with Gasteiger partial charge in [0.05, 0.1) is 43.5 Å². The molecule has 4 aromatic rings. The third kappa shape index (κ3) is 3.90. The van der Waals surface area contributed by atoms with Gasteiger partial charge < -0.3 is 19.4 Å². The number of rotatable bonds is 5. The Morgan fingerprint density at radius 1 is 0.969 bits per heavy atom. The molecule has 162 valence electrons. The van der Waals surface area contributed by atoms with Gasteiger partial charge in [-0.2, -0.15) is 5.10 Å². The second-order valence-electron chi connectivity index (χ2n) is 7.61. The molecule has 0 amide bonds. The normalized spacial score (nSPS) is 13.8. The van der Waals surface area contributed by atoms with E-state index in [1.165, 1.54) is 5.69 Å². The van der Waals surface area contributed by atoms with Crippen LogP contribution in [0.3, 0.4) is 0 Å². The summed E-state index contributed by atoms with van der Waals surface area (Å²) in [5, 5.41) is 4.44. The summed E-state index contributed by atoms with van der Waals surface area (Å²) in [5.74, 6) is 0.729. The largest absolute Gasteiger partial charge is 0.497 e. The maximum Gasteiger partial charge on any atom is 0.257 e. The van der Waals surface area contributed by atoms with E-state index in [4.69, 9.17) is 9.47 Å². The number of morpholine rings is 1. The number of pyridine rings is 1. The van der Waals surface area contributed by atoms with Crippen LogP contribution in [0.5, 0.6) is 5.75 Å². The number of benzene rings is 2. The molecule has 1 saturated heterocycles. The van der Waals surface area contributed by atoms with Crippen molar-refractivity contribution in [2.75, 3.05) is 38.3 Å². The van der Waals surface area contributed by atoms with Gasteiger partial charge in [-0.05, 0) is 47.5 Å². The second-order valence-corrected chi connectivity index (χ2v) is 7.61. The molecule has 0 aliphatic carbocycles. The fourth-order valence-electron chi connectivity index (χ4n) is 3.98. The quantitative estimate of drug-likeness (QED) is 0.524. The Bertz CT molecular complexity index is 1270. The van der Waals surface area contributed by atoms with Crippen LogP contribution in [0, 0.1) is 0 Å². The van der Waals surface area contributed by atoms with E-state index in [2.05, 4.69) is 39.2 Å². The van der Waals surface area contributed by atoms with Crippen LogP contribution < -0.4 is 15.2 Å². The van der Waals surface area contributed by atoms with Gasteiger partial charge in [0.15, 0.2) is 0 Å². The predicted molar refractivity (Wildman–Crippen MR) is 125 cm³/mol. The van der Waals surface area contributed by atoms with Crippen molar-refractivity contribution in [3.05, 3.63) is 83.4 Å². The molecule has 0 bridgehead atoms. The molecule has 0 radical (unpaired) electrons. The van der Waals surface area contributed by atoms with E-state index in [0.29, 0.717) is 11.3 Å². The number of H-pyrrole nitrogens is 1. The minimum Gasteiger partial charge on any atom is -0.497 e. The lowest BCUT2D eigenvalue weighted by Gasteiger charge is -2.28. The van der Waals surface area contributed by atoms with E-state index in [0.717, 1.165) is 48.9 Å². The summed E-state index contributed by atoms with van der Waals surface area (Å²) in [6.07, 6.45) is 3.44. The van der Waals surface area contributed by atoms with Gasteiger partial charge in [-0.25, -0.2) is 4.68 Å². The van der Waals surface area contributed by atoms with Gasteiger partial charge in [0.25, 0.3) is 5.56 Å². The first-order valence-corrected chi connectivity index (χ1v) is 10.6. The van der Waals surface area contributed by atoms with Gasteiger partial charge in [0.2, 0.25) is 0 Å². The van der Waals surface area contributed by atoms with Crippen molar-refractivity contribution < 1.29 is 9.47 Å². The topological polar surface area (TPSA) is 72.4 Å². The highest BCUT2D eigenvalue weighted by molar-refractivity contribution is 5.72. The highest BCUT2D eigenvalue weighted by Crippen LogP contribution is 2.27. The lowest BCUT2D eigenvalue weighted by atomic mass is 10.0. The van der Waals surface area contributed by atoms with Gasteiger partial charge >= 0.3 is 0 Å². The Kier molecular flexibility index (Phi) is 5.47. The molecule has 1 aliphatic rings. The number of nitrogens with zero attached hydrogens (tertiary/aromatic N) is 3. The molecule has 2 aromatic carbocycles. The number of anilines is 1. The summed E-state index contributed by atoms with van der Waals surface area (Å²) >= 11 is 0. The first-order chi connectivity index (χ1) is 15.7. The molecule has 0 atom stereocenters. The van der Waals surface area contributed by atoms with E-state index >= 15 is 0 Å². The first-order valence-electron chi connectivity index (χ1n) is 10.6. The molecule has 0 spiro atoms. The number of ether oxygens (including phenoxy) is 2. The summed E-state index contributed by atoms with van der Waals surface area (Å²) in [4.78, 5) is 17.9. The van der Waals surface area contributed by atoms with Crippen molar-refractivity contribution in [3.63, 3.8) is 0 Å². The van der Waals surface area contributed by atoms with Crippen molar-refractivity contribution >= 4 is 5.69 Å². The Balaban J connectivity index is 1.49. The van der Waals surface area contributed by atoms with Crippen LogP contribution in [0.25, 0.3) is 28.1 Å². The van der Waals surface area contributed by atoms with Crippen LogP contribution in [0.4, 0.5) is 5.69 Å². The fraction of sp³-hybridized carbons (Fsp3) is 0.200. The summed E-state index contributed by atoms with van der Waals surface area (Å²) in [7, 11) is 1.63. The standard InChI is InChI=1S/C25H24N4O3/c1-31-22-4-2-3-21(16-22)29-24(9-10-27-29)23-15-19(17-26-25(23)30)18-5-7-20(8-6-18)28-11-13-32-14-12-28/h2-10,15-17H,11-14H2,1H3,(H,26,30). The molecule has 5 rings (SSSR count). The van der Waals surface area contributed by atoms with Gasteiger partial charge in [0, 0.05) is 31.0 Å². The van der Waals surface area contributed by atoms with E-state index in [1.54, 1.807) is 24.2 Å². The fourth-order valence-corrected chi connectivity index (χ4v) is 3.98. The SMILES string of the molecule is COc1cccc(-n2nccc2-c2cc(-c3ccc(N4CCOCC4)cc3)c[nH]c2=O)c1. The Hall–Kier alpha value is -3.84. The summed E-state index contributed by atoms with van der Waals surface area (Å²) < 4.78 is 12.5. The minimum absolute atomic E-state index is 0.164. The third-order valence-corrected chi connectivity index (χ3v) is 5.70. The van der Waals surface area contributed by atoms with E-state index < -0.39 is 0 Å². The van der Waals surface area contributed by atoms with E-state index in [9.17, 15) is 4.79 Å². The number of methoxy groups -OCH3 is 1. The zero-order valence-corrected chi connectivity index (χ0v) is 17.8. The average molecular weight is 428 g/mol. The molecule has 32 heavy (non-hydrogen) atoms. The van der Waals surface area contributed by atoms with Crippen LogP contribution in [0.15, 0.2) is 77.9 Å². The zero-order valence-electron chi connectivity index (χ0n) is 17.8. The van der Waals surface area contributed by atoms with Crippen molar-refractivity contribution in [3.8, 4) is 33.8 Å². The van der Waals surface area contributed by atoms with Crippen molar-refractivity contribution in [1.29, 1.82) is 0 Å². The molecule has 2 aromatic heterocycles. The maximum atomic E-state index is 12.7. The smallest absolute Gasteiger partial charge is 0.257 e.